The predicted molar refractivity (Wildman–Crippen MR) is 84.6 cm³/mol. The highest BCUT2D eigenvalue weighted by atomic mass is 19.4. The fourth-order valence-electron chi connectivity index (χ4n) is 2.80. The van der Waals surface area contributed by atoms with Crippen LogP contribution in [0.3, 0.4) is 0 Å². The second kappa shape index (κ2) is 7.56. The zero-order chi connectivity index (χ0) is 21.3. The lowest BCUT2D eigenvalue weighted by Gasteiger charge is -2.23. The SMILES string of the molecule is Nc1ccc(CCc2ccc(C(C(F)(F)F)C(F)(F)F)cc2)c(C(F)(F)F)c1. The van der Waals surface area contributed by atoms with E-state index in [0.29, 0.717) is 17.7 Å². The van der Waals surface area contributed by atoms with Gasteiger partial charge < -0.3 is 5.73 Å². The zero-order valence-corrected chi connectivity index (χ0v) is 14.0. The second-order valence-corrected chi connectivity index (χ2v) is 6.17. The highest BCUT2D eigenvalue weighted by Crippen LogP contribution is 2.46. The molecule has 0 radical (unpaired) electrons. The van der Waals surface area contributed by atoms with Gasteiger partial charge in [0.25, 0.3) is 0 Å². The normalized spacial score (nSPS) is 13.2. The lowest BCUT2D eigenvalue weighted by atomic mass is 9.94. The van der Waals surface area contributed by atoms with Crippen molar-refractivity contribution in [2.24, 2.45) is 0 Å². The third kappa shape index (κ3) is 5.32. The number of benzene rings is 2. The van der Waals surface area contributed by atoms with Gasteiger partial charge in [0.1, 0.15) is 0 Å². The number of halogens is 9. The van der Waals surface area contributed by atoms with Crippen molar-refractivity contribution in [3.63, 3.8) is 0 Å². The number of aryl methyl sites for hydroxylation is 2. The highest BCUT2D eigenvalue weighted by Gasteiger charge is 2.57. The van der Waals surface area contributed by atoms with Crippen molar-refractivity contribution < 1.29 is 39.5 Å². The van der Waals surface area contributed by atoms with Crippen molar-refractivity contribution >= 4 is 5.69 Å². The quantitative estimate of drug-likeness (QED) is 0.462. The average Bonchev–Trinajstić information content (AvgIpc) is 2.51. The van der Waals surface area contributed by atoms with Crippen molar-refractivity contribution in [1.82, 2.24) is 0 Å². The molecule has 0 saturated heterocycles. The number of nitrogen functional groups attached to an aromatic ring is 1. The summed E-state index contributed by atoms with van der Waals surface area (Å²) in [6.45, 7) is 0. The Balaban J connectivity index is 2.21. The molecule has 0 atom stereocenters. The number of hydrogen-bond donors (Lipinski definition) is 1. The van der Waals surface area contributed by atoms with Crippen molar-refractivity contribution in [3.8, 4) is 0 Å². The first-order valence-corrected chi connectivity index (χ1v) is 7.87. The van der Waals surface area contributed by atoms with E-state index >= 15 is 0 Å². The number of rotatable bonds is 4. The number of anilines is 1. The van der Waals surface area contributed by atoms with Gasteiger partial charge in [-0.25, -0.2) is 0 Å². The van der Waals surface area contributed by atoms with Gasteiger partial charge in [-0.3, -0.25) is 0 Å². The van der Waals surface area contributed by atoms with E-state index in [2.05, 4.69) is 0 Å². The fraction of sp³-hybridized carbons (Fsp3) is 0.333. The summed E-state index contributed by atoms with van der Waals surface area (Å²) in [6.07, 6.45) is -15.8. The van der Waals surface area contributed by atoms with E-state index in [1.807, 2.05) is 0 Å². The zero-order valence-electron chi connectivity index (χ0n) is 14.0. The summed E-state index contributed by atoms with van der Waals surface area (Å²) < 4.78 is 115. The minimum atomic E-state index is -5.51. The molecule has 0 aliphatic carbocycles. The Morgan fingerprint density at radius 2 is 1.25 bits per heavy atom. The van der Waals surface area contributed by atoms with Gasteiger partial charge in [-0.05, 0) is 41.7 Å². The molecular weight excluding hydrogens is 401 g/mol. The Hall–Kier alpha value is -2.39. The lowest BCUT2D eigenvalue weighted by Crippen LogP contribution is -2.34. The number of alkyl halides is 9. The van der Waals surface area contributed by atoms with E-state index < -0.39 is 35.6 Å². The summed E-state index contributed by atoms with van der Waals surface area (Å²) in [5.74, 6) is -3.62. The van der Waals surface area contributed by atoms with E-state index in [-0.39, 0.29) is 24.1 Å². The first-order chi connectivity index (χ1) is 12.7. The molecule has 28 heavy (non-hydrogen) atoms. The van der Waals surface area contributed by atoms with E-state index in [1.54, 1.807) is 0 Å². The van der Waals surface area contributed by atoms with Crippen LogP contribution < -0.4 is 5.73 Å². The monoisotopic (exact) mass is 415 g/mol. The Bertz CT molecular complexity index is 788. The highest BCUT2D eigenvalue weighted by molar-refractivity contribution is 5.46. The summed E-state index contributed by atoms with van der Waals surface area (Å²) in [6, 6.07) is 6.72. The van der Waals surface area contributed by atoms with Crippen LogP contribution in [0.2, 0.25) is 0 Å². The molecule has 10 heteroatoms. The molecule has 0 aliphatic rings. The van der Waals surface area contributed by atoms with Gasteiger partial charge in [-0.1, -0.05) is 30.3 Å². The molecule has 2 rings (SSSR count). The van der Waals surface area contributed by atoms with Crippen molar-refractivity contribution in [2.45, 2.75) is 37.3 Å². The summed E-state index contributed by atoms with van der Waals surface area (Å²) in [5, 5.41) is 0. The Labute approximate surface area is 154 Å². The molecule has 2 N–H and O–H groups in total. The van der Waals surface area contributed by atoms with Gasteiger partial charge in [-0.15, -0.1) is 0 Å². The van der Waals surface area contributed by atoms with E-state index in [1.165, 1.54) is 12.1 Å². The minimum absolute atomic E-state index is 0.00399. The molecule has 0 bridgehead atoms. The van der Waals surface area contributed by atoms with E-state index in [4.69, 9.17) is 5.73 Å². The number of hydrogen-bond acceptors (Lipinski definition) is 1. The molecule has 2 aromatic rings. The molecule has 2 aromatic carbocycles. The van der Waals surface area contributed by atoms with Crippen LogP contribution in [0, 0.1) is 0 Å². The van der Waals surface area contributed by atoms with Crippen LogP contribution in [0.25, 0.3) is 0 Å². The van der Waals surface area contributed by atoms with Gasteiger partial charge in [0.2, 0.25) is 0 Å². The molecule has 0 spiro atoms. The first kappa shape index (κ1) is 21.9. The fourth-order valence-corrected chi connectivity index (χ4v) is 2.80. The Morgan fingerprint density at radius 3 is 1.71 bits per heavy atom. The van der Waals surface area contributed by atoms with Gasteiger partial charge in [0.05, 0.1) is 5.56 Å². The summed E-state index contributed by atoms with van der Waals surface area (Å²) in [7, 11) is 0. The average molecular weight is 415 g/mol. The number of nitrogens with two attached hydrogens (primary N) is 1. The van der Waals surface area contributed by atoms with Crippen LogP contribution in [-0.2, 0) is 19.0 Å². The van der Waals surface area contributed by atoms with Gasteiger partial charge in [0.15, 0.2) is 5.92 Å². The molecule has 1 nitrogen and oxygen atoms in total. The Morgan fingerprint density at radius 1 is 0.714 bits per heavy atom. The maximum atomic E-state index is 13.1. The smallest absolute Gasteiger partial charge is 0.399 e. The maximum Gasteiger partial charge on any atom is 0.416 e. The molecule has 154 valence electrons. The molecule has 0 aromatic heterocycles. The Kier molecular flexibility index (Phi) is 5.91. The van der Waals surface area contributed by atoms with Crippen LogP contribution in [0.15, 0.2) is 42.5 Å². The van der Waals surface area contributed by atoms with Crippen LogP contribution >= 0.6 is 0 Å². The van der Waals surface area contributed by atoms with Gasteiger partial charge in [-0.2, -0.15) is 39.5 Å². The summed E-state index contributed by atoms with van der Waals surface area (Å²) >= 11 is 0. The van der Waals surface area contributed by atoms with Crippen molar-refractivity contribution in [3.05, 3.63) is 64.7 Å². The molecule has 0 amide bonds. The predicted octanol–water partition coefficient (Wildman–Crippen LogP) is 6.28. The molecular formula is C18H14F9N. The maximum absolute atomic E-state index is 13.1. The third-order valence-corrected chi connectivity index (χ3v) is 4.09. The topological polar surface area (TPSA) is 26.0 Å². The largest absolute Gasteiger partial charge is 0.416 e. The van der Waals surface area contributed by atoms with E-state index in [0.717, 1.165) is 18.2 Å². The van der Waals surface area contributed by atoms with Gasteiger partial charge >= 0.3 is 18.5 Å². The summed E-state index contributed by atoms with van der Waals surface area (Å²) in [4.78, 5) is 0. The first-order valence-electron chi connectivity index (χ1n) is 7.87. The summed E-state index contributed by atoms with van der Waals surface area (Å²) in [5.41, 5.74) is 3.60. The van der Waals surface area contributed by atoms with Crippen LogP contribution in [0.5, 0.6) is 0 Å². The van der Waals surface area contributed by atoms with E-state index in [9.17, 15) is 39.5 Å². The molecule has 0 heterocycles. The minimum Gasteiger partial charge on any atom is -0.399 e. The van der Waals surface area contributed by atoms with Crippen LogP contribution in [0.4, 0.5) is 45.2 Å². The molecule has 0 unspecified atom stereocenters. The molecule has 0 fully saturated rings. The third-order valence-electron chi connectivity index (χ3n) is 4.09. The molecule has 0 saturated carbocycles. The van der Waals surface area contributed by atoms with Gasteiger partial charge in [0, 0.05) is 5.69 Å². The standard InChI is InChI=1S/C18H14F9N/c19-16(20,21)14-9-13(28)8-7-11(14)4-1-10-2-5-12(6-3-10)15(17(22,23)24)18(25,26)27/h2-3,5-9,15H,1,4,28H2. The lowest BCUT2D eigenvalue weighted by molar-refractivity contribution is -0.253. The second-order valence-electron chi connectivity index (χ2n) is 6.17. The molecule has 0 aliphatic heterocycles. The van der Waals surface area contributed by atoms with Crippen molar-refractivity contribution in [1.29, 1.82) is 0 Å². The van der Waals surface area contributed by atoms with Crippen molar-refractivity contribution in [2.75, 3.05) is 5.73 Å². The van der Waals surface area contributed by atoms with Crippen LogP contribution in [-0.4, -0.2) is 12.4 Å². The van der Waals surface area contributed by atoms with Crippen LogP contribution in [0.1, 0.15) is 28.2 Å².